The normalized spacial score (nSPS) is 11.4. The van der Waals surface area contributed by atoms with Crippen LogP contribution < -0.4 is 5.56 Å². The number of fused-ring (bicyclic) bond motifs is 3. The van der Waals surface area contributed by atoms with E-state index in [1.54, 1.807) is 0 Å². The maximum absolute atomic E-state index is 12.6. The van der Waals surface area contributed by atoms with Crippen molar-refractivity contribution >= 4 is 33.8 Å². The summed E-state index contributed by atoms with van der Waals surface area (Å²) < 4.78 is 11.8. The third kappa shape index (κ3) is 3.62. The van der Waals surface area contributed by atoms with Crippen LogP contribution in [-0.2, 0) is 5.75 Å². The number of furan rings is 1. The lowest BCUT2D eigenvalue weighted by Gasteiger charge is -2.00. The SMILES string of the molecule is O=c1[nH]c(CSc2nc(-c3ccccc3)c(-c3ccccc3)o2)nc2c1oc1ccccc12. The molecule has 6 rings (SSSR count). The van der Waals surface area contributed by atoms with Gasteiger partial charge < -0.3 is 13.8 Å². The monoisotopic (exact) mass is 451 g/mol. The van der Waals surface area contributed by atoms with Crippen LogP contribution in [0.15, 0.2) is 104 Å². The van der Waals surface area contributed by atoms with Crippen molar-refractivity contribution in [2.45, 2.75) is 11.0 Å². The number of H-pyrrole nitrogens is 1. The number of thioether (sulfide) groups is 1. The molecule has 0 atom stereocenters. The molecule has 0 aliphatic heterocycles. The lowest BCUT2D eigenvalue weighted by atomic mass is 10.1. The summed E-state index contributed by atoms with van der Waals surface area (Å²) in [5.41, 5.74) is 3.85. The molecule has 0 aliphatic carbocycles. The molecule has 3 aromatic heterocycles. The van der Waals surface area contributed by atoms with Crippen LogP contribution in [0, 0.1) is 0 Å². The van der Waals surface area contributed by atoms with Crippen molar-refractivity contribution in [3.05, 3.63) is 101 Å². The summed E-state index contributed by atoms with van der Waals surface area (Å²) in [5, 5.41) is 1.33. The molecule has 7 heteroatoms. The standard InChI is InChI=1S/C26H17N3O3S/c30-25-24-22(18-13-7-8-14-19(18)31-24)27-20(28-25)15-33-26-29-21(16-9-3-1-4-10-16)23(32-26)17-11-5-2-6-12-17/h1-14H,15H2,(H,27,28,30). The Morgan fingerprint density at radius 1 is 0.788 bits per heavy atom. The molecule has 3 aromatic carbocycles. The lowest BCUT2D eigenvalue weighted by Crippen LogP contribution is -2.10. The van der Waals surface area contributed by atoms with Crippen LogP contribution in [0.1, 0.15) is 5.82 Å². The van der Waals surface area contributed by atoms with Crippen LogP contribution in [0.3, 0.4) is 0 Å². The van der Waals surface area contributed by atoms with E-state index in [0.29, 0.717) is 33.7 Å². The average molecular weight is 452 g/mol. The minimum Gasteiger partial charge on any atom is -0.449 e. The number of para-hydroxylation sites is 1. The number of aromatic nitrogens is 3. The number of hydrogen-bond acceptors (Lipinski definition) is 6. The Hall–Kier alpha value is -4.10. The first kappa shape index (κ1) is 19.6. The summed E-state index contributed by atoms with van der Waals surface area (Å²) in [4.78, 5) is 24.8. The molecule has 0 unspecified atom stereocenters. The zero-order valence-electron chi connectivity index (χ0n) is 17.3. The van der Waals surface area contributed by atoms with Gasteiger partial charge in [0.05, 0.1) is 5.75 Å². The fraction of sp³-hybridized carbons (Fsp3) is 0.0385. The Balaban J connectivity index is 1.36. The van der Waals surface area contributed by atoms with E-state index in [2.05, 4.69) is 9.97 Å². The fourth-order valence-electron chi connectivity index (χ4n) is 3.79. The number of nitrogens with zero attached hydrogens (tertiary/aromatic N) is 2. The van der Waals surface area contributed by atoms with Crippen LogP contribution in [0.4, 0.5) is 0 Å². The highest BCUT2D eigenvalue weighted by Gasteiger charge is 2.18. The summed E-state index contributed by atoms with van der Waals surface area (Å²) in [6.45, 7) is 0. The summed E-state index contributed by atoms with van der Waals surface area (Å²) in [6, 6.07) is 27.3. The van der Waals surface area contributed by atoms with Gasteiger partial charge in [0.1, 0.15) is 22.6 Å². The molecule has 0 spiro atoms. The van der Waals surface area contributed by atoms with E-state index in [4.69, 9.17) is 13.8 Å². The van der Waals surface area contributed by atoms with Gasteiger partial charge in [-0.2, -0.15) is 0 Å². The number of aromatic amines is 1. The zero-order chi connectivity index (χ0) is 22.2. The van der Waals surface area contributed by atoms with E-state index in [0.717, 1.165) is 22.2 Å². The van der Waals surface area contributed by atoms with Gasteiger partial charge in [0.15, 0.2) is 5.76 Å². The molecule has 0 fully saturated rings. The lowest BCUT2D eigenvalue weighted by molar-refractivity contribution is 0.466. The quantitative estimate of drug-likeness (QED) is 0.310. The molecule has 0 bridgehead atoms. The van der Waals surface area contributed by atoms with Crippen molar-refractivity contribution in [1.82, 2.24) is 15.0 Å². The third-order valence-corrected chi connectivity index (χ3v) is 6.14. The van der Waals surface area contributed by atoms with Gasteiger partial charge in [0, 0.05) is 16.5 Å². The van der Waals surface area contributed by atoms with Crippen LogP contribution in [0.5, 0.6) is 0 Å². The molecule has 33 heavy (non-hydrogen) atoms. The van der Waals surface area contributed by atoms with Crippen LogP contribution in [0.2, 0.25) is 0 Å². The number of hydrogen-bond donors (Lipinski definition) is 1. The zero-order valence-corrected chi connectivity index (χ0v) is 18.1. The highest BCUT2D eigenvalue weighted by molar-refractivity contribution is 7.98. The van der Waals surface area contributed by atoms with Gasteiger partial charge in [-0.05, 0) is 12.1 Å². The first-order chi connectivity index (χ1) is 16.3. The molecule has 0 aliphatic rings. The predicted octanol–water partition coefficient (Wildman–Crippen LogP) is 6.28. The van der Waals surface area contributed by atoms with Crippen LogP contribution in [-0.4, -0.2) is 15.0 Å². The molecule has 0 saturated carbocycles. The molecule has 6 aromatic rings. The minimum atomic E-state index is -0.297. The molecule has 0 saturated heterocycles. The van der Waals surface area contributed by atoms with Gasteiger partial charge in [-0.1, -0.05) is 84.6 Å². The largest absolute Gasteiger partial charge is 0.449 e. The van der Waals surface area contributed by atoms with E-state index >= 15 is 0 Å². The maximum Gasteiger partial charge on any atom is 0.294 e. The summed E-state index contributed by atoms with van der Waals surface area (Å²) in [7, 11) is 0. The smallest absolute Gasteiger partial charge is 0.294 e. The van der Waals surface area contributed by atoms with Crippen molar-refractivity contribution in [3.63, 3.8) is 0 Å². The minimum absolute atomic E-state index is 0.235. The van der Waals surface area contributed by atoms with E-state index in [1.165, 1.54) is 11.8 Å². The Morgan fingerprint density at radius 3 is 2.27 bits per heavy atom. The van der Waals surface area contributed by atoms with Crippen molar-refractivity contribution in [2.75, 3.05) is 0 Å². The maximum atomic E-state index is 12.6. The molecule has 160 valence electrons. The van der Waals surface area contributed by atoms with Crippen molar-refractivity contribution in [3.8, 4) is 22.6 Å². The van der Waals surface area contributed by atoms with E-state index in [-0.39, 0.29) is 11.1 Å². The summed E-state index contributed by atoms with van der Waals surface area (Å²) in [5.74, 6) is 1.64. The Morgan fingerprint density at radius 2 is 1.48 bits per heavy atom. The second kappa shape index (κ2) is 8.11. The van der Waals surface area contributed by atoms with E-state index < -0.39 is 0 Å². The highest BCUT2D eigenvalue weighted by Crippen LogP contribution is 2.36. The van der Waals surface area contributed by atoms with Gasteiger partial charge >= 0.3 is 0 Å². The number of nitrogens with one attached hydrogen (secondary N) is 1. The van der Waals surface area contributed by atoms with Crippen LogP contribution in [0.25, 0.3) is 44.7 Å². The second-order valence-electron chi connectivity index (χ2n) is 7.47. The Labute approximate surface area is 192 Å². The molecular weight excluding hydrogens is 434 g/mol. The van der Waals surface area contributed by atoms with E-state index in [9.17, 15) is 4.79 Å². The average Bonchev–Trinajstić information content (AvgIpc) is 3.46. The second-order valence-corrected chi connectivity index (χ2v) is 8.39. The topological polar surface area (TPSA) is 84.9 Å². The number of rotatable bonds is 5. The van der Waals surface area contributed by atoms with Gasteiger partial charge in [0.2, 0.25) is 5.58 Å². The van der Waals surface area contributed by atoms with Crippen molar-refractivity contribution < 1.29 is 8.83 Å². The first-order valence-electron chi connectivity index (χ1n) is 10.4. The van der Waals surface area contributed by atoms with E-state index in [1.807, 2.05) is 84.9 Å². The molecule has 1 N–H and O–H groups in total. The summed E-state index contributed by atoms with van der Waals surface area (Å²) >= 11 is 1.38. The molecule has 3 heterocycles. The number of benzene rings is 3. The molecule has 0 radical (unpaired) electrons. The van der Waals surface area contributed by atoms with Crippen molar-refractivity contribution in [2.24, 2.45) is 0 Å². The van der Waals surface area contributed by atoms with Crippen LogP contribution >= 0.6 is 11.8 Å². The first-order valence-corrected chi connectivity index (χ1v) is 11.4. The third-order valence-electron chi connectivity index (χ3n) is 5.30. The van der Waals surface area contributed by atoms with Gasteiger partial charge in [-0.3, -0.25) is 4.79 Å². The van der Waals surface area contributed by atoms with Gasteiger partial charge in [-0.25, -0.2) is 9.97 Å². The highest BCUT2D eigenvalue weighted by atomic mass is 32.2. The molecular formula is C26H17N3O3S. The predicted molar refractivity (Wildman–Crippen MR) is 129 cm³/mol. The van der Waals surface area contributed by atoms with Gasteiger partial charge in [-0.15, -0.1) is 0 Å². The van der Waals surface area contributed by atoms with Gasteiger partial charge in [0.25, 0.3) is 10.8 Å². The van der Waals surface area contributed by atoms with Crippen molar-refractivity contribution in [1.29, 1.82) is 0 Å². The summed E-state index contributed by atoms with van der Waals surface area (Å²) in [6.07, 6.45) is 0. The Bertz CT molecular complexity index is 1580. The Kier molecular flexibility index (Phi) is 4.81. The number of oxazole rings is 1. The fourth-order valence-corrected chi connectivity index (χ4v) is 4.48. The molecule has 6 nitrogen and oxygen atoms in total. The molecule has 0 amide bonds.